The van der Waals surface area contributed by atoms with Crippen LogP contribution in [0.5, 0.6) is 17.2 Å². The Hall–Kier alpha value is -4.79. The minimum absolute atomic E-state index is 0.126. The average Bonchev–Trinajstić information content (AvgIpc) is 3.64. The molecule has 9 heteroatoms. The molecule has 1 aliphatic heterocycles. The number of hydrogen-bond acceptors (Lipinski definition) is 7. The van der Waals surface area contributed by atoms with E-state index in [4.69, 9.17) is 18.7 Å². The fraction of sp³-hybridized carbons (Fsp3) is 0.233. The third kappa shape index (κ3) is 6.38. The zero-order chi connectivity index (χ0) is 27.2. The van der Waals surface area contributed by atoms with E-state index in [1.807, 2.05) is 55.5 Å². The molecule has 0 aliphatic carbocycles. The average molecular weight is 528 g/mol. The van der Waals surface area contributed by atoms with Crippen molar-refractivity contribution in [2.45, 2.75) is 26.4 Å². The van der Waals surface area contributed by atoms with Gasteiger partial charge in [-0.1, -0.05) is 47.1 Å². The van der Waals surface area contributed by atoms with Crippen LogP contribution in [0.3, 0.4) is 0 Å². The summed E-state index contributed by atoms with van der Waals surface area (Å²) in [5, 5.41) is 6.79. The largest absolute Gasteiger partial charge is 0.497 e. The summed E-state index contributed by atoms with van der Waals surface area (Å²) in [7, 11) is 1.62. The van der Waals surface area contributed by atoms with Gasteiger partial charge in [-0.2, -0.15) is 0 Å². The van der Waals surface area contributed by atoms with Crippen LogP contribution in [0.1, 0.15) is 43.3 Å². The second-order valence-electron chi connectivity index (χ2n) is 9.24. The molecule has 4 aromatic rings. The quantitative estimate of drug-likeness (QED) is 0.323. The number of fused-ring (bicyclic) bond motifs is 1. The lowest BCUT2D eigenvalue weighted by Crippen LogP contribution is -2.32. The molecular formula is C30H29N3O6. The van der Waals surface area contributed by atoms with Gasteiger partial charge in [-0.15, -0.1) is 0 Å². The van der Waals surface area contributed by atoms with E-state index >= 15 is 0 Å². The van der Waals surface area contributed by atoms with Crippen molar-refractivity contribution in [1.29, 1.82) is 0 Å². The van der Waals surface area contributed by atoms with Gasteiger partial charge in [-0.05, 0) is 54.8 Å². The van der Waals surface area contributed by atoms with Crippen molar-refractivity contribution in [2.75, 3.05) is 20.4 Å². The SMILES string of the molecule is COc1ccc(CCN(Cc2cc(C(=O)NCc3ccc(C)cc3)no2)C(=O)c2ccc3c(c2)OCO3)cc1. The molecule has 0 spiro atoms. The van der Waals surface area contributed by atoms with Crippen molar-refractivity contribution < 1.29 is 28.3 Å². The molecule has 1 aliphatic rings. The Morgan fingerprint density at radius 1 is 0.949 bits per heavy atom. The molecule has 0 saturated carbocycles. The first-order chi connectivity index (χ1) is 19.0. The minimum Gasteiger partial charge on any atom is -0.497 e. The molecule has 0 atom stereocenters. The van der Waals surface area contributed by atoms with Gasteiger partial charge >= 0.3 is 0 Å². The first kappa shape index (κ1) is 25.8. The Morgan fingerprint density at radius 3 is 2.46 bits per heavy atom. The maximum Gasteiger partial charge on any atom is 0.273 e. The van der Waals surface area contributed by atoms with Crippen LogP contribution < -0.4 is 19.5 Å². The first-order valence-corrected chi connectivity index (χ1v) is 12.6. The number of aromatic nitrogens is 1. The molecule has 0 saturated heterocycles. The van der Waals surface area contributed by atoms with Gasteiger partial charge < -0.3 is 29.0 Å². The van der Waals surface area contributed by atoms with Crippen molar-refractivity contribution in [3.8, 4) is 17.2 Å². The monoisotopic (exact) mass is 527 g/mol. The lowest BCUT2D eigenvalue weighted by atomic mass is 10.1. The lowest BCUT2D eigenvalue weighted by Gasteiger charge is -2.22. The molecule has 2 heterocycles. The van der Waals surface area contributed by atoms with Gasteiger partial charge in [-0.25, -0.2) is 0 Å². The summed E-state index contributed by atoms with van der Waals surface area (Å²) in [6.07, 6.45) is 0.609. The zero-order valence-corrected chi connectivity index (χ0v) is 21.8. The van der Waals surface area contributed by atoms with Gasteiger partial charge in [-0.3, -0.25) is 9.59 Å². The number of rotatable bonds is 10. The third-order valence-electron chi connectivity index (χ3n) is 6.45. The van der Waals surface area contributed by atoms with E-state index in [0.29, 0.717) is 42.3 Å². The van der Waals surface area contributed by atoms with Gasteiger partial charge in [0.1, 0.15) is 5.75 Å². The summed E-state index contributed by atoms with van der Waals surface area (Å²) in [5.41, 5.74) is 3.80. The van der Waals surface area contributed by atoms with E-state index in [-0.39, 0.29) is 30.8 Å². The molecule has 9 nitrogen and oxygen atoms in total. The van der Waals surface area contributed by atoms with Crippen LogP contribution in [0.15, 0.2) is 77.3 Å². The second-order valence-corrected chi connectivity index (χ2v) is 9.24. The number of ether oxygens (including phenoxy) is 3. The van der Waals surface area contributed by atoms with Gasteiger partial charge in [0.05, 0.1) is 13.7 Å². The maximum atomic E-state index is 13.6. The van der Waals surface area contributed by atoms with Crippen LogP contribution in [-0.2, 0) is 19.5 Å². The predicted octanol–water partition coefficient (Wildman–Crippen LogP) is 4.54. The number of nitrogens with one attached hydrogen (secondary N) is 1. The fourth-order valence-electron chi connectivity index (χ4n) is 4.18. The normalized spacial score (nSPS) is 11.7. The summed E-state index contributed by atoms with van der Waals surface area (Å²) in [6.45, 7) is 3.06. The predicted molar refractivity (Wildman–Crippen MR) is 143 cm³/mol. The number of nitrogens with zero attached hydrogens (tertiary/aromatic N) is 2. The van der Waals surface area contributed by atoms with Gasteiger partial charge in [0.2, 0.25) is 6.79 Å². The van der Waals surface area contributed by atoms with E-state index in [1.165, 1.54) is 0 Å². The standard InChI is InChI=1S/C30H29N3O6/c1-20-3-5-22(6-4-20)17-31-29(34)26-16-25(39-32-26)18-33(14-13-21-7-10-24(36-2)11-8-21)30(35)23-9-12-27-28(15-23)38-19-37-27/h3-12,15-16H,13-14,17-19H2,1-2H3,(H,31,34). The molecule has 200 valence electrons. The van der Waals surface area contributed by atoms with Crippen LogP contribution in [-0.4, -0.2) is 42.3 Å². The van der Waals surface area contributed by atoms with Gasteiger partial charge in [0.15, 0.2) is 23.0 Å². The smallest absolute Gasteiger partial charge is 0.273 e. The molecule has 1 aromatic heterocycles. The number of aryl methyl sites for hydroxylation is 1. The molecule has 5 rings (SSSR count). The Balaban J connectivity index is 1.28. The minimum atomic E-state index is -0.350. The highest BCUT2D eigenvalue weighted by Crippen LogP contribution is 2.33. The Kier molecular flexibility index (Phi) is 7.77. The Morgan fingerprint density at radius 2 is 1.69 bits per heavy atom. The number of carbonyl (C=O) groups is 2. The zero-order valence-electron chi connectivity index (χ0n) is 21.8. The van der Waals surface area contributed by atoms with Crippen molar-refractivity contribution in [1.82, 2.24) is 15.4 Å². The molecule has 0 unspecified atom stereocenters. The molecule has 0 fully saturated rings. The molecular weight excluding hydrogens is 498 g/mol. The topological polar surface area (TPSA) is 103 Å². The lowest BCUT2D eigenvalue weighted by molar-refractivity contribution is 0.0728. The first-order valence-electron chi connectivity index (χ1n) is 12.6. The van der Waals surface area contributed by atoms with Gasteiger partial charge in [0.25, 0.3) is 11.8 Å². The summed E-state index contributed by atoms with van der Waals surface area (Å²) < 4.78 is 21.5. The maximum absolute atomic E-state index is 13.6. The number of carbonyl (C=O) groups excluding carboxylic acids is 2. The van der Waals surface area contributed by atoms with E-state index in [0.717, 1.165) is 22.4 Å². The molecule has 39 heavy (non-hydrogen) atoms. The molecule has 0 bridgehead atoms. The third-order valence-corrected chi connectivity index (χ3v) is 6.45. The summed E-state index contributed by atoms with van der Waals surface area (Å²) in [6, 6.07) is 22.3. The number of hydrogen-bond donors (Lipinski definition) is 1. The summed E-state index contributed by atoms with van der Waals surface area (Å²) >= 11 is 0. The fourth-order valence-corrected chi connectivity index (χ4v) is 4.18. The summed E-state index contributed by atoms with van der Waals surface area (Å²) in [4.78, 5) is 27.9. The van der Waals surface area contributed by atoms with E-state index in [1.54, 1.807) is 36.3 Å². The Labute approximate surface area is 226 Å². The molecule has 3 aromatic carbocycles. The van der Waals surface area contributed by atoms with Crippen LogP contribution >= 0.6 is 0 Å². The molecule has 2 amide bonds. The molecule has 0 radical (unpaired) electrons. The van der Waals surface area contributed by atoms with Crippen LogP contribution in [0.2, 0.25) is 0 Å². The highest BCUT2D eigenvalue weighted by molar-refractivity contribution is 5.95. The number of methoxy groups -OCH3 is 1. The van der Waals surface area contributed by atoms with Crippen molar-refractivity contribution >= 4 is 11.8 Å². The van der Waals surface area contributed by atoms with E-state index in [9.17, 15) is 9.59 Å². The number of amides is 2. The highest BCUT2D eigenvalue weighted by Gasteiger charge is 2.23. The van der Waals surface area contributed by atoms with Crippen molar-refractivity contribution in [3.63, 3.8) is 0 Å². The Bertz CT molecular complexity index is 1450. The second kappa shape index (κ2) is 11.7. The van der Waals surface area contributed by atoms with Gasteiger partial charge in [0, 0.05) is 24.7 Å². The van der Waals surface area contributed by atoms with E-state index in [2.05, 4.69) is 10.5 Å². The number of benzene rings is 3. The van der Waals surface area contributed by atoms with E-state index < -0.39 is 0 Å². The van der Waals surface area contributed by atoms with Crippen LogP contribution in [0.25, 0.3) is 0 Å². The van der Waals surface area contributed by atoms with Crippen molar-refractivity contribution in [2.24, 2.45) is 0 Å². The highest BCUT2D eigenvalue weighted by atomic mass is 16.7. The van der Waals surface area contributed by atoms with Crippen LogP contribution in [0.4, 0.5) is 0 Å². The van der Waals surface area contributed by atoms with Crippen LogP contribution in [0, 0.1) is 6.92 Å². The van der Waals surface area contributed by atoms with Crippen molar-refractivity contribution in [3.05, 3.63) is 107 Å². The molecule has 1 N–H and O–H groups in total. The summed E-state index contributed by atoms with van der Waals surface area (Å²) in [5.74, 6) is 1.75.